The summed E-state index contributed by atoms with van der Waals surface area (Å²) >= 11 is 0. The first-order valence-electron chi connectivity index (χ1n) is 8.14. The number of ether oxygens (including phenoxy) is 1. The van der Waals surface area contributed by atoms with Gasteiger partial charge in [0.2, 0.25) is 5.88 Å². The fraction of sp³-hybridized carbons (Fsp3) is 0.150. The molecule has 0 N–H and O–H groups in total. The predicted molar refractivity (Wildman–Crippen MR) is 94.0 cm³/mol. The largest absolute Gasteiger partial charge is 0.439 e. The van der Waals surface area contributed by atoms with Crippen molar-refractivity contribution >= 4 is 5.69 Å². The zero-order chi connectivity index (χ0) is 17.2. The first kappa shape index (κ1) is 15.3. The van der Waals surface area contributed by atoms with Crippen molar-refractivity contribution < 1.29 is 9.66 Å². The normalized spacial score (nSPS) is 15.6. The molecule has 0 fully saturated rings. The average molecular weight is 332 g/mol. The van der Waals surface area contributed by atoms with Crippen molar-refractivity contribution in [3.63, 3.8) is 0 Å². The van der Waals surface area contributed by atoms with Crippen molar-refractivity contribution in [3.8, 4) is 11.6 Å². The maximum Gasteiger partial charge on any atom is 0.287 e. The van der Waals surface area contributed by atoms with Crippen LogP contribution in [0, 0.1) is 10.1 Å². The lowest BCUT2D eigenvalue weighted by Gasteiger charge is -2.08. The van der Waals surface area contributed by atoms with E-state index in [0.29, 0.717) is 17.5 Å². The Hall–Kier alpha value is -3.21. The van der Waals surface area contributed by atoms with Crippen molar-refractivity contribution in [2.75, 3.05) is 0 Å². The summed E-state index contributed by atoms with van der Waals surface area (Å²) in [7, 11) is 0. The molecule has 0 radical (unpaired) electrons. The van der Waals surface area contributed by atoms with Crippen LogP contribution in [0.3, 0.4) is 0 Å². The summed E-state index contributed by atoms with van der Waals surface area (Å²) in [5.74, 6) is 1.56. The molecule has 5 heteroatoms. The molecule has 124 valence electrons. The standard InChI is InChI=1S/C20H16N2O3/c23-22(24)18-7-9-20(21-13-18)25-19-8-6-15-10-16(11-17(15)12-19)14-4-2-1-3-5-14/h1-9,12-13,16H,10-11H2. The lowest BCUT2D eigenvalue weighted by molar-refractivity contribution is -0.385. The molecule has 1 aliphatic carbocycles. The SMILES string of the molecule is O=[N+]([O-])c1ccc(Oc2ccc3c(c2)CC(c2ccccc2)C3)nc1. The lowest BCUT2D eigenvalue weighted by Crippen LogP contribution is -1.96. The first-order chi connectivity index (χ1) is 12.2. The Balaban J connectivity index is 1.50. The van der Waals surface area contributed by atoms with Crippen LogP contribution in [-0.2, 0) is 12.8 Å². The topological polar surface area (TPSA) is 65.3 Å². The Labute approximate surface area is 145 Å². The summed E-state index contributed by atoms with van der Waals surface area (Å²) in [5, 5.41) is 10.7. The summed E-state index contributed by atoms with van der Waals surface area (Å²) in [6.45, 7) is 0. The average Bonchev–Trinajstić information content (AvgIpc) is 3.06. The Morgan fingerprint density at radius 2 is 1.80 bits per heavy atom. The van der Waals surface area contributed by atoms with E-state index in [2.05, 4.69) is 35.3 Å². The van der Waals surface area contributed by atoms with Gasteiger partial charge in [-0.3, -0.25) is 10.1 Å². The molecular weight excluding hydrogens is 316 g/mol. The van der Waals surface area contributed by atoms with E-state index in [0.717, 1.165) is 12.8 Å². The molecule has 0 bridgehead atoms. The third-order valence-electron chi connectivity index (χ3n) is 4.54. The second-order valence-corrected chi connectivity index (χ2v) is 6.16. The van der Waals surface area contributed by atoms with Crippen molar-refractivity contribution in [1.29, 1.82) is 0 Å². The summed E-state index contributed by atoms with van der Waals surface area (Å²) in [5.41, 5.74) is 3.94. The summed E-state index contributed by atoms with van der Waals surface area (Å²) in [4.78, 5) is 14.2. The highest BCUT2D eigenvalue weighted by Gasteiger charge is 2.23. The van der Waals surface area contributed by atoms with Gasteiger partial charge in [-0.25, -0.2) is 4.98 Å². The highest BCUT2D eigenvalue weighted by Crippen LogP contribution is 2.36. The summed E-state index contributed by atoms with van der Waals surface area (Å²) in [6, 6.07) is 19.5. The van der Waals surface area contributed by atoms with E-state index in [1.807, 2.05) is 18.2 Å². The number of nitrogens with zero attached hydrogens (tertiary/aromatic N) is 2. The van der Waals surface area contributed by atoms with E-state index in [4.69, 9.17) is 4.74 Å². The minimum absolute atomic E-state index is 0.0491. The molecule has 5 nitrogen and oxygen atoms in total. The van der Waals surface area contributed by atoms with Gasteiger partial charge in [0.25, 0.3) is 5.69 Å². The molecule has 0 saturated heterocycles. The van der Waals surface area contributed by atoms with Crippen LogP contribution in [0.4, 0.5) is 5.69 Å². The van der Waals surface area contributed by atoms with E-state index in [-0.39, 0.29) is 5.69 Å². The number of fused-ring (bicyclic) bond motifs is 1. The van der Waals surface area contributed by atoms with Crippen LogP contribution in [0.5, 0.6) is 11.6 Å². The van der Waals surface area contributed by atoms with Gasteiger partial charge in [-0.05, 0) is 47.6 Å². The molecule has 3 aromatic rings. The van der Waals surface area contributed by atoms with Gasteiger partial charge < -0.3 is 4.74 Å². The van der Waals surface area contributed by atoms with Crippen molar-refractivity contribution in [2.45, 2.75) is 18.8 Å². The number of hydrogen-bond donors (Lipinski definition) is 0. The van der Waals surface area contributed by atoms with Gasteiger partial charge in [0.1, 0.15) is 11.9 Å². The minimum Gasteiger partial charge on any atom is -0.439 e. The Morgan fingerprint density at radius 3 is 2.52 bits per heavy atom. The van der Waals surface area contributed by atoms with Crippen LogP contribution in [0.1, 0.15) is 22.6 Å². The zero-order valence-electron chi connectivity index (χ0n) is 13.5. The fourth-order valence-electron chi connectivity index (χ4n) is 3.28. The molecule has 2 aromatic carbocycles. The summed E-state index contributed by atoms with van der Waals surface area (Å²) < 4.78 is 5.75. The Bertz CT molecular complexity index is 908. The Kier molecular flexibility index (Phi) is 3.90. The van der Waals surface area contributed by atoms with E-state index in [9.17, 15) is 10.1 Å². The lowest BCUT2D eigenvalue weighted by atomic mass is 9.96. The van der Waals surface area contributed by atoms with Gasteiger partial charge in [-0.1, -0.05) is 36.4 Å². The molecule has 1 aliphatic rings. The monoisotopic (exact) mass is 332 g/mol. The molecule has 0 saturated carbocycles. The van der Waals surface area contributed by atoms with Crippen molar-refractivity contribution in [3.05, 3.63) is 93.7 Å². The third-order valence-corrected chi connectivity index (χ3v) is 4.54. The van der Waals surface area contributed by atoms with Gasteiger partial charge in [0.15, 0.2) is 0 Å². The second-order valence-electron chi connectivity index (χ2n) is 6.16. The smallest absolute Gasteiger partial charge is 0.287 e. The molecule has 4 rings (SSSR count). The number of pyridine rings is 1. The number of rotatable bonds is 4. The highest BCUT2D eigenvalue weighted by molar-refractivity contribution is 5.43. The molecule has 1 unspecified atom stereocenters. The van der Waals surface area contributed by atoms with E-state index in [1.54, 1.807) is 0 Å². The molecule has 1 heterocycles. The maximum atomic E-state index is 10.7. The predicted octanol–water partition coefficient (Wildman–Crippen LogP) is 4.66. The zero-order valence-corrected chi connectivity index (χ0v) is 13.5. The van der Waals surface area contributed by atoms with Gasteiger partial charge in [0, 0.05) is 12.1 Å². The maximum absolute atomic E-state index is 10.7. The highest BCUT2D eigenvalue weighted by atomic mass is 16.6. The van der Waals surface area contributed by atoms with Gasteiger partial charge in [-0.2, -0.15) is 0 Å². The van der Waals surface area contributed by atoms with Crippen LogP contribution in [0.2, 0.25) is 0 Å². The number of aromatic nitrogens is 1. The van der Waals surface area contributed by atoms with Gasteiger partial charge in [0.05, 0.1) is 4.92 Å². The third kappa shape index (κ3) is 3.21. The molecular formula is C20H16N2O3. The van der Waals surface area contributed by atoms with Crippen LogP contribution >= 0.6 is 0 Å². The molecule has 25 heavy (non-hydrogen) atoms. The fourth-order valence-corrected chi connectivity index (χ4v) is 3.28. The van der Waals surface area contributed by atoms with Crippen LogP contribution in [-0.4, -0.2) is 9.91 Å². The summed E-state index contributed by atoms with van der Waals surface area (Å²) in [6.07, 6.45) is 3.23. The van der Waals surface area contributed by atoms with E-state index < -0.39 is 4.92 Å². The van der Waals surface area contributed by atoms with E-state index in [1.165, 1.54) is 35.0 Å². The van der Waals surface area contributed by atoms with Crippen LogP contribution in [0.25, 0.3) is 0 Å². The van der Waals surface area contributed by atoms with Crippen LogP contribution in [0.15, 0.2) is 66.9 Å². The molecule has 0 amide bonds. The van der Waals surface area contributed by atoms with E-state index >= 15 is 0 Å². The molecule has 1 atom stereocenters. The number of benzene rings is 2. The van der Waals surface area contributed by atoms with Gasteiger partial charge in [-0.15, -0.1) is 0 Å². The minimum atomic E-state index is -0.476. The first-order valence-corrected chi connectivity index (χ1v) is 8.14. The van der Waals surface area contributed by atoms with Gasteiger partial charge >= 0.3 is 0 Å². The van der Waals surface area contributed by atoms with Crippen molar-refractivity contribution in [1.82, 2.24) is 4.98 Å². The molecule has 1 aromatic heterocycles. The van der Waals surface area contributed by atoms with Crippen molar-refractivity contribution in [2.24, 2.45) is 0 Å². The Morgan fingerprint density at radius 1 is 1.00 bits per heavy atom. The quantitative estimate of drug-likeness (QED) is 0.514. The molecule has 0 aliphatic heterocycles. The number of nitro groups is 1. The van der Waals surface area contributed by atoms with Crippen LogP contribution < -0.4 is 4.74 Å². The number of hydrogen-bond acceptors (Lipinski definition) is 4. The molecule has 0 spiro atoms. The second kappa shape index (κ2) is 6.36.